The summed E-state index contributed by atoms with van der Waals surface area (Å²) in [6, 6.07) is 0. The summed E-state index contributed by atoms with van der Waals surface area (Å²) in [6.45, 7) is 9.41. The van der Waals surface area contributed by atoms with Crippen LogP contribution in [0, 0.1) is 0 Å². The SMILES string of the molecule is CCCCCCCCCCCCCCCCCc1n(CCCCCCCCCCCCCCC)cc[n+]1CCCCCCCCCCCC. The first kappa shape index (κ1) is 46.2. The van der Waals surface area contributed by atoms with Crippen LogP contribution < -0.4 is 4.57 Å². The first-order chi connectivity index (χ1) is 24.3. The van der Waals surface area contributed by atoms with Gasteiger partial charge >= 0.3 is 0 Å². The Kier molecular flexibility index (Phi) is 36.3. The summed E-state index contributed by atoms with van der Waals surface area (Å²) in [4.78, 5) is 0. The predicted octanol–water partition coefficient (Wildman–Crippen LogP) is 16.2. The van der Waals surface area contributed by atoms with Gasteiger partial charge in [-0.15, -0.1) is 0 Å². The van der Waals surface area contributed by atoms with Gasteiger partial charge in [-0.2, -0.15) is 0 Å². The highest BCUT2D eigenvalue weighted by atomic mass is 15.1. The minimum absolute atomic E-state index is 1.23. The number of aromatic nitrogens is 2. The molecular weight excluding hydrogens is 593 g/mol. The molecule has 0 radical (unpaired) electrons. The van der Waals surface area contributed by atoms with Gasteiger partial charge in [-0.05, 0) is 32.1 Å². The fourth-order valence-electron chi connectivity index (χ4n) is 7.92. The van der Waals surface area contributed by atoms with Crippen molar-refractivity contribution in [3.63, 3.8) is 0 Å². The molecule has 2 heteroatoms. The van der Waals surface area contributed by atoms with Gasteiger partial charge in [0.15, 0.2) is 0 Å². The van der Waals surface area contributed by atoms with E-state index in [-0.39, 0.29) is 0 Å². The molecule has 0 aliphatic rings. The summed E-state index contributed by atoms with van der Waals surface area (Å²) in [7, 11) is 0. The highest BCUT2D eigenvalue weighted by Gasteiger charge is 2.16. The fourth-order valence-corrected chi connectivity index (χ4v) is 7.92. The minimum atomic E-state index is 1.23. The molecule has 1 aromatic heterocycles. The van der Waals surface area contributed by atoms with Crippen LogP contribution in [0.15, 0.2) is 12.4 Å². The minimum Gasteiger partial charge on any atom is -0.234 e. The Morgan fingerprint density at radius 2 is 0.633 bits per heavy atom. The summed E-state index contributed by atoms with van der Waals surface area (Å²) >= 11 is 0. The van der Waals surface area contributed by atoms with E-state index in [0.29, 0.717) is 0 Å². The van der Waals surface area contributed by atoms with Crippen LogP contribution in [-0.2, 0) is 19.5 Å². The van der Waals surface area contributed by atoms with E-state index >= 15 is 0 Å². The molecule has 0 N–H and O–H groups in total. The van der Waals surface area contributed by atoms with E-state index in [1.54, 1.807) is 5.82 Å². The number of nitrogens with zero attached hydrogens (tertiary/aromatic N) is 2. The van der Waals surface area contributed by atoms with Crippen LogP contribution in [0.3, 0.4) is 0 Å². The van der Waals surface area contributed by atoms with E-state index in [9.17, 15) is 0 Å². The lowest BCUT2D eigenvalue weighted by Crippen LogP contribution is -2.37. The summed E-state index contributed by atoms with van der Waals surface area (Å²) < 4.78 is 5.30. The third-order valence-corrected chi connectivity index (χ3v) is 11.3. The molecule has 0 saturated heterocycles. The Hall–Kier alpha value is -0.790. The van der Waals surface area contributed by atoms with E-state index in [0.717, 1.165) is 0 Å². The molecule has 1 aromatic rings. The molecule has 0 spiro atoms. The van der Waals surface area contributed by atoms with Gasteiger partial charge in [0.05, 0.1) is 13.1 Å². The number of hydrogen-bond acceptors (Lipinski definition) is 0. The van der Waals surface area contributed by atoms with Crippen molar-refractivity contribution in [2.45, 2.75) is 284 Å². The monoisotopic (exact) mass is 686 g/mol. The topological polar surface area (TPSA) is 8.81 Å². The van der Waals surface area contributed by atoms with Gasteiger partial charge in [0.2, 0.25) is 0 Å². The first-order valence-corrected chi connectivity index (χ1v) is 23.4. The maximum absolute atomic E-state index is 2.65. The maximum Gasteiger partial charge on any atom is 0.256 e. The average Bonchev–Trinajstić information content (AvgIpc) is 3.50. The molecule has 1 rings (SSSR count). The van der Waals surface area contributed by atoms with E-state index in [4.69, 9.17) is 0 Å². The van der Waals surface area contributed by atoms with Crippen molar-refractivity contribution in [2.24, 2.45) is 0 Å². The molecule has 49 heavy (non-hydrogen) atoms. The number of unbranched alkanes of at least 4 members (excludes halogenated alkanes) is 35. The van der Waals surface area contributed by atoms with Crippen LogP contribution in [0.2, 0.25) is 0 Å². The Morgan fingerprint density at radius 1 is 0.347 bits per heavy atom. The van der Waals surface area contributed by atoms with Gasteiger partial charge in [-0.1, -0.05) is 233 Å². The van der Waals surface area contributed by atoms with Gasteiger partial charge in [0.1, 0.15) is 12.4 Å². The van der Waals surface area contributed by atoms with Crippen molar-refractivity contribution in [1.82, 2.24) is 4.57 Å². The molecule has 1 heterocycles. The van der Waals surface area contributed by atoms with Crippen LogP contribution in [0.4, 0.5) is 0 Å². The molecular formula is C47H93N2+. The number of aryl methyl sites for hydroxylation is 2. The Morgan fingerprint density at radius 3 is 0.980 bits per heavy atom. The lowest BCUT2D eigenvalue weighted by atomic mass is 10.0. The highest BCUT2D eigenvalue weighted by Crippen LogP contribution is 2.16. The molecule has 0 saturated carbocycles. The second kappa shape index (κ2) is 38.4. The molecule has 0 aromatic carbocycles. The van der Waals surface area contributed by atoms with Crippen LogP contribution in [0.25, 0.3) is 0 Å². The lowest BCUT2D eigenvalue weighted by molar-refractivity contribution is -0.704. The Balaban J connectivity index is 2.26. The largest absolute Gasteiger partial charge is 0.256 e. The summed E-state index contributed by atoms with van der Waals surface area (Å²) in [6.07, 6.45) is 60.8. The molecule has 0 bridgehead atoms. The van der Waals surface area contributed by atoms with Gasteiger partial charge < -0.3 is 0 Å². The lowest BCUT2D eigenvalue weighted by Gasteiger charge is -2.07. The van der Waals surface area contributed by atoms with Gasteiger partial charge in [0, 0.05) is 6.42 Å². The van der Waals surface area contributed by atoms with Crippen molar-refractivity contribution in [3.8, 4) is 0 Å². The molecule has 290 valence electrons. The maximum atomic E-state index is 2.65. The zero-order valence-corrected chi connectivity index (χ0v) is 34.5. The summed E-state index contributed by atoms with van der Waals surface area (Å²) in [5, 5.41) is 0. The average molecular weight is 686 g/mol. The van der Waals surface area contributed by atoms with Crippen LogP contribution >= 0.6 is 0 Å². The molecule has 0 aliphatic heterocycles. The van der Waals surface area contributed by atoms with Gasteiger partial charge in [0.25, 0.3) is 5.82 Å². The van der Waals surface area contributed by atoms with Gasteiger partial charge in [-0.3, -0.25) is 0 Å². The summed E-state index contributed by atoms with van der Waals surface area (Å²) in [5.41, 5.74) is 0. The first-order valence-electron chi connectivity index (χ1n) is 23.4. The fraction of sp³-hybridized carbons (Fsp3) is 0.936. The highest BCUT2D eigenvalue weighted by molar-refractivity contribution is 4.84. The Labute approximate surface area is 310 Å². The van der Waals surface area contributed by atoms with Gasteiger partial charge in [-0.25, -0.2) is 9.13 Å². The van der Waals surface area contributed by atoms with E-state index < -0.39 is 0 Å². The second-order valence-electron chi connectivity index (χ2n) is 16.2. The third kappa shape index (κ3) is 30.5. The molecule has 0 atom stereocenters. The van der Waals surface area contributed by atoms with Crippen LogP contribution in [0.1, 0.15) is 271 Å². The molecule has 0 aliphatic carbocycles. The number of rotatable bonds is 41. The van der Waals surface area contributed by atoms with E-state index in [2.05, 4.69) is 42.3 Å². The normalized spacial score (nSPS) is 11.7. The van der Waals surface area contributed by atoms with Crippen molar-refractivity contribution in [1.29, 1.82) is 0 Å². The zero-order valence-electron chi connectivity index (χ0n) is 34.5. The standard InChI is InChI=1S/C47H93N2/c1-4-7-10-13-16-19-22-24-25-26-28-30-33-36-39-42-47-48(43-40-37-34-31-21-18-15-12-9-6-3)45-46-49(47)44-41-38-35-32-29-27-23-20-17-14-11-8-5-2/h45-46H,4-44H2,1-3H3/q+1. The smallest absolute Gasteiger partial charge is 0.234 e. The predicted molar refractivity (Wildman–Crippen MR) is 221 cm³/mol. The van der Waals surface area contributed by atoms with Crippen LogP contribution in [-0.4, -0.2) is 4.57 Å². The van der Waals surface area contributed by atoms with E-state index in [1.165, 1.54) is 264 Å². The Bertz CT molecular complexity index is 751. The van der Waals surface area contributed by atoms with Crippen molar-refractivity contribution in [3.05, 3.63) is 18.2 Å². The van der Waals surface area contributed by atoms with Crippen molar-refractivity contribution >= 4 is 0 Å². The number of imidazole rings is 1. The second-order valence-corrected chi connectivity index (χ2v) is 16.2. The zero-order chi connectivity index (χ0) is 35.1. The molecule has 0 unspecified atom stereocenters. The summed E-state index contributed by atoms with van der Waals surface area (Å²) in [5.74, 6) is 1.63. The third-order valence-electron chi connectivity index (χ3n) is 11.3. The van der Waals surface area contributed by atoms with Crippen molar-refractivity contribution < 1.29 is 4.57 Å². The van der Waals surface area contributed by atoms with Crippen LogP contribution in [0.5, 0.6) is 0 Å². The van der Waals surface area contributed by atoms with E-state index in [1.807, 2.05) is 0 Å². The number of hydrogen-bond donors (Lipinski definition) is 0. The quantitative estimate of drug-likeness (QED) is 0.0479. The van der Waals surface area contributed by atoms with Crippen molar-refractivity contribution in [2.75, 3.05) is 0 Å². The molecule has 2 nitrogen and oxygen atoms in total. The molecule has 0 amide bonds. The molecule has 0 fully saturated rings.